The fourth-order valence-electron chi connectivity index (χ4n) is 2.09. The zero-order valence-corrected chi connectivity index (χ0v) is 9.89. The van der Waals surface area contributed by atoms with E-state index in [2.05, 4.69) is 0 Å². The fraction of sp³-hybridized carbons (Fsp3) is 0.462. The van der Waals surface area contributed by atoms with Crippen LogP contribution in [0.1, 0.15) is 24.8 Å². The molecule has 0 atom stereocenters. The summed E-state index contributed by atoms with van der Waals surface area (Å²) >= 11 is 0. The number of carboxylic acids is 1. The quantitative estimate of drug-likeness (QED) is 0.875. The average Bonchev–Trinajstić information content (AvgIpc) is 2.79. The lowest BCUT2D eigenvalue weighted by atomic mass is 9.99. The Kier molecular flexibility index (Phi) is 3.93. The van der Waals surface area contributed by atoms with E-state index < -0.39 is 11.8 Å². The van der Waals surface area contributed by atoms with Crippen molar-refractivity contribution in [3.8, 4) is 0 Å². The van der Waals surface area contributed by atoms with Gasteiger partial charge in [0.05, 0.1) is 13.2 Å². The third-order valence-corrected chi connectivity index (χ3v) is 2.93. The highest BCUT2D eigenvalue weighted by atomic mass is 19.1. The Bertz CT molecular complexity index is 410. The van der Waals surface area contributed by atoms with E-state index in [1.165, 1.54) is 12.1 Å². The molecule has 0 unspecified atom stereocenters. The van der Waals surface area contributed by atoms with Crippen LogP contribution in [0.4, 0.5) is 4.39 Å². The van der Waals surface area contributed by atoms with Crippen LogP contribution in [0.5, 0.6) is 0 Å². The summed E-state index contributed by atoms with van der Waals surface area (Å²) < 4.78 is 24.1. The van der Waals surface area contributed by atoms with E-state index in [9.17, 15) is 9.18 Å². The summed E-state index contributed by atoms with van der Waals surface area (Å²) in [5.74, 6) is -2.08. The minimum atomic E-state index is -0.914. The SMILES string of the molecule is O=C(O)CCCC1(c2ccc(F)cc2)OCCO1. The van der Waals surface area contributed by atoms with E-state index in [4.69, 9.17) is 14.6 Å². The van der Waals surface area contributed by atoms with Crippen molar-refractivity contribution in [2.24, 2.45) is 0 Å². The average molecular weight is 254 g/mol. The summed E-state index contributed by atoms with van der Waals surface area (Å²) in [7, 11) is 0. The van der Waals surface area contributed by atoms with Crippen LogP contribution in [0.15, 0.2) is 24.3 Å². The first-order chi connectivity index (χ1) is 8.62. The molecule has 1 aliphatic heterocycles. The van der Waals surface area contributed by atoms with Crippen molar-refractivity contribution >= 4 is 5.97 Å². The molecule has 4 nitrogen and oxygen atoms in total. The molecule has 1 heterocycles. The Balaban J connectivity index is 2.11. The number of carbonyl (C=O) groups is 1. The number of rotatable bonds is 5. The largest absolute Gasteiger partial charge is 0.481 e. The van der Waals surface area contributed by atoms with Crippen LogP contribution in [-0.2, 0) is 20.1 Å². The summed E-state index contributed by atoms with van der Waals surface area (Å²) in [5.41, 5.74) is 0.729. The standard InChI is InChI=1S/C13H15FO4/c14-11-5-3-10(4-6-11)13(17-8-9-18-13)7-1-2-12(15)16/h3-6H,1-2,7-9H2,(H,15,16). The van der Waals surface area contributed by atoms with Gasteiger partial charge < -0.3 is 14.6 Å². The first-order valence-corrected chi connectivity index (χ1v) is 5.88. The molecule has 1 aromatic carbocycles. The van der Waals surface area contributed by atoms with Gasteiger partial charge in [-0.3, -0.25) is 4.79 Å². The molecular formula is C13H15FO4. The molecule has 1 fully saturated rings. The molecule has 1 aliphatic rings. The van der Waals surface area contributed by atoms with Gasteiger partial charge in [0.1, 0.15) is 5.82 Å². The molecule has 1 saturated heterocycles. The minimum Gasteiger partial charge on any atom is -0.481 e. The normalized spacial score (nSPS) is 17.8. The minimum absolute atomic E-state index is 0.0651. The van der Waals surface area contributed by atoms with E-state index in [0.717, 1.165) is 5.56 Å². The lowest BCUT2D eigenvalue weighted by Crippen LogP contribution is -2.27. The van der Waals surface area contributed by atoms with Gasteiger partial charge in [-0.15, -0.1) is 0 Å². The zero-order chi connectivity index (χ0) is 13.0. The smallest absolute Gasteiger partial charge is 0.303 e. The van der Waals surface area contributed by atoms with Crippen LogP contribution in [-0.4, -0.2) is 24.3 Å². The number of hydrogen-bond acceptors (Lipinski definition) is 3. The Morgan fingerprint density at radius 1 is 1.28 bits per heavy atom. The van der Waals surface area contributed by atoms with Crippen molar-refractivity contribution in [3.63, 3.8) is 0 Å². The van der Waals surface area contributed by atoms with Crippen molar-refractivity contribution < 1.29 is 23.8 Å². The van der Waals surface area contributed by atoms with Crippen molar-refractivity contribution in [2.75, 3.05) is 13.2 Å². The molecule has 0 aromatic heterocycles. The number of hydrogen-bond donors (Lipinski definition) is 1. The number of aliphatic carboxylic acids is 1. The van der Waals surface area contributed by atoms with Gasteiger partial charge in [0.2, 0.25) is 0 Å². The summed E-state index contributed by atoms with van der Waals surface area (Å²) in [4.78, 5) is 10.5. The predicted molar refractivity (Wildman–Crippen MR) is 61.5 cm³/mol. The molecule has 2 rings (SSSR count). The Labute approximate surface area is 104 Å². The molecule has 98 valence electrons. The molecule has 0 spiro atoms. The maximum Gasteiger partial charge on any atom is 0.303 e. The molecule has 18 heavy (non-hydrogen) atoms. The first kappa shape index (κ1) is 13.0. The molecule has 1 aromatic rings. The number of benzene rings is 1. The second-order valence-electron chi connectivity index (χ2n) is 4.20. The van der Waals surface area contributed by atoms with Gasteiger partial charge in [0.25, 0.3) is 0 Å². The van der Waals surface area contributed by atoms with E-state index >= 15 is 0 Å². The second kappa shape index (κ2) is 5.46. The van der Waals surface area contributed by atoms with Crippen LogP contribution >= 0.6 is 0 Å². The highest BCUT2D eigenvalue weighted by molar-refractivity contribution is 5.66. The van der Waals surface area contributed by atoms with Crippen LogP contribution in [0.2, 0.25) is 0 Å². The van der Waals surface area contributed by atoms with Crippen molar-refractivity contribution in [1.82, 2.24) is 0 Å². The van der Waals surface area contributed by atoms with Crippen molar-refractivity contribution in [3.05, 3.63) is 35.6 Å². The Hall–Kier alpha value is -1.46. The van der Waals surface area contributed by atoms with Crippen molar-refractivity contribution in [1.29, 1.82) is 0 Å². The molecule has 5 heteroatoms. The van der Waals surface area contributed by atoms with E-state index in [-0.39, 0.29) is 12.2 Å². The van der Waals surface area contributed by atoms with Crippen LogP contribution in [0.3, 0.4) is 0 Å². The third-order valence-electron chi connectivity index (χ3n) is 2.93. The summed E-state index contributed by atoms with van der Waals surface area (Å²) in [6, 6.07) is 5.92. The summed E-state index contributed by atoms with van der Waals surface area (Å²) in [5, 5.41) is 8.65. The highest BCUT2D eigenvalue weighted by Gasteiger charge is 2.38. The van der Waals surface area contributed by atoms with Gasteiger partial charge in [-0.05, 0) is 18.6 Å². The van der Waals surface area contributed by atoms with Gasteiger partial charge >= 0.3 is 5.97 Å². The van der Waals surface area contributed by atoms with Crippen LogP contribution < -0.4 is 0 Å². The maximum atomic E-state index is 12.9. The first-order valence-electron chi connectivity index (χ1n) is 5.88. The Morgan fingerprint density at radius 3 is 2.44 bits per heavy atom. The molecule has 0 bridgehead atoms. The van der Waals surface area contributed by atoms with Gasteiger partial charge in [-0.1, -0.05) is 12.1 Å². The van der Waals surface area contributed by atoms with Crippen LogP contribution in [0.25, 0.3) is 0 Å². The molecule has 1 N–H and O–H groups in total. The van der Waals surface area contributed by atoms with Gasteiger partial charge in [-0.25, -0.2) is 4.39 Å². The lowest BCUT2D eigenvalue weighted by molar-refractivity contribution is -0.172. The van der Waals surface area contributed by atoms with Gasteiger partial charge in [0, 0.05) is 18.4 Å². The number of halogens is 1. The van der Waals surface area contributed by atoms with Gasteiger partial charge in [0.15, 0.2) is 5.79 Å². The second-order valence-corrected chi connectivity index (χ2v) is 4.20. The fourth-order valence-corrected chi connectivity index (χ4v) is 2.09. The molecule has 0 amide bonds. The molecule has 0 saturated carbocycles. The highest BCUT2D eigenvalue weighted by Crippen LogP contribution is 2.36. The monoisotopic (exact) mass is 254 g/mol. The van der Waals surface area contributed by atoms with Gasteiger partial charge in [-0.2, -0.15) is 0 Å². The maximum absolute atomic E-state index is 12.9. The van der Waals surface area contributed by atoms with E-state index in [0.29, 0.717) is 26.1 Å². The van der Waals surface area contributed by atoms with Crippen LogP contribution in [0, 0.1) is 5.82 Å². The third kappa shape index (κ3) is 2.86. The molecule has 0 radical (unpaired) electrons. The van der Waals surface area contributed by atoms with E-state index in [1.807, 2.05) is 0 Å². The predicted octanol–water partition coefficient (Wildman–Crippen LogP) is 2.28. The Morgan fingerprint density at radius 2 is 1.89 bits per heavy atom. The number of carboxylic acid groups (broad SMARTS) is 1. The summed E-state index contributed by atoms with van der Waals surface area (Å²) in [6.07, 6.45) is 0.966. The lowest BCUT2D eigenvalue weighted by Gasteiger charge is -2.27. The molecular weight excluding hydrogens is 239 g/mol. The zero-order valence-electron chi connectivity index (χ0n) is 9.89. The topological polar surface area (TPSA) is 55.8 Å². The number of ether oxygens (including phenoxy) is 2. The van der Waals surface area contributed by atoms with Crippen molar-refractivity contribution in [2.45, 2.75) is 25.0 Å². The summed E-state index contributed by atoms with van der Waals surface area (Å²) in [6.45, 7) is 0.925. The van der Waals surface area contributed by atoms with E-state index in [1.54, 1.807) is 12.1 Å². The molecule has 0 aliphatic carbocycles.